The monoisotopic (exact) mass is 351 g/mol. The van der Waals surface area contributed by atoms with Crippen molar-refractivity contribution in [2.45, 2.75) is 44.9 Å². The zero-order chi connectivity index (χ0) is 17.7. The van der Waals surface area contributed by atoms with Gasteiger partial charge in [0.25, 0.3) is 0 Å². The zero-order valence-electron chi connectivity index (χ0n) is 14.3. The molecule has 1 aromatic carbocycles. The van der Waals surface area contributed by atoms with Crippen molar-refractivity contribution < 1.29 is 9.18 Å². The molecule has 24 heavy (non-hydrogen) atoms. The second kappa shape index (κ2) is 7.65. The molecule has 0 fully saturated rings. The molecule has 0 spiro atoms. The fourth-order valence-corrected chi connectivity index (χ4v) is 2.73. The Kier molecular flexibility index (Phi) is 5.82. The van der Waals surface area contributed by atoms with E-state index in [1.54, 1.807) is 16.8 Å². The van der Waals surface area contributed by atoms with E-state index in [2.05, 4.69) is 20.9 Å². The van der Waals surface area contributed by atoms with Crippen molar-refractivity contribution in [3.05, 3.63) is 41.5 Å². The minimum Gasteiger partial charge on any atom is -0.351 e. The molecular formula is C16H22FN5OS. The molecule has 0 radical (unpaired) electrons. The lowest BCUT2D eigenvalue weighted by molar-refractivity contribution is -0.119. The Bertz CT molecular complexity index is 693. The molecule has 1 heterocycles. The molecule has 2 aromatic rings. The van der Waals surface area contributed by atoms with E-state index in [1.165, 1.54) is 23.9 Å². The summed E-state index contributed by atoms with van der Waals surface area (Å²) in [5.41, 5.74) is 3.86. The summed E-state index contributed by atoms with van der Waals surface area (Å²) in [5, 5.41) is 11.6. The number of benzene rings is 1. The number of thioether (sulfide) groups is 1. The average molecular weight is 351 g/mol. The van der Waals surface area contributed by atoms with Crippen molar-refractivity contribution in [2.24, 2.45) is 0 Å². The van der Waals surface area contributed by atoms with Crippen LogP contribution in [0.3, 0.4) is 0 Å². The Morgan fingerprint density at radius 3 is 2.54 bits per heavy atom. The van der Waals surface area contributed by atoms with Gasteiger partial charge in [-0.1, -0.05) is 23.9 Å². The molecule has 0 saturated carbocycles. The smallest absolute Gasteiger partial charge is 0.230 e. The summed E-state index contributed by atoms with van der Waals surface area (Å²) in [4.78, 5) is 11.9. The summed E-state index contributed by atoms with van der Waals surface area (Å²) in [6.07, 6.45) is 0. The van der Waals surface area contributed by atoms with Crippen LogP contribution in [0.4, 0.5) is 4.39 Å². The minimum atomic E-state index is -0.264. The number of carbonyl (C=O) groups excluding carboxylic acids is 1. The van der Waals surface area contributed by atoms with E-state index in [4.69, 9.17) is 0 Å². The second-order valence-electron chi connectivity index (χ2n) is 6.41. The van der Waals surface area contributed by atoms with E-state index in [0.29, 0.717) is 17.5 Å². The molecule has 0 atom stereocenters. The molecule has 130 valence electrons. The minimum absolute atomic E-state index is 0.0572. The molecular weight excluding hydrogens is 329 g/mol. The number of nitrogens with zero attached hydrogens (tertiary/aromatic N) is 3. The first-order chi connectivity index (χ1) is 11.2. The van der Waals surface area contributed by atoms with Gasteiger partial charge in [0, 0.05) is 5.54 Å². The maximum absolute atomic E-state index is 12.9. The van der Waals surface area contributed by atoms with Gasteiger partial charge in [0.15, 0.2) is 0 Å². The number of carbonyl (C=O) groups is 1. The molecule has 2 N–H and O–H groups in total. The SMILES string of the molecule is Cc1nnc(SCC(=O)NC(C)(C)C)n1NCc1ccc(F)cc1. The third kappa shape index (κ3) is 5.52. The van der Waals surface area contributed by atoms with Gasteiger partial charge >= 0.3 is 0 Å². The van der Waals surface area contributed by atoms with Crippen molar-refractivity contribution in [1.82, 2.24) is 20.2 Å². The molecule has 6 nitrogen and oxygen atoms in total. The van der Waals surface area contributed by atoms with Gasteiger partial charge in [-0.15, -0.1) is 10.2 Å². The number of hydrogen-bond acceptors (Lipinski definition) is 5. The third-order valence-corrected chi connectivity index (χ3v) is 3.93. The van der Waals surface area contributed by atoms with Crippen molar-refractivity contribution in [2.75, 3.05) is 11.2 Å². The summed E-state index contributed by atoms with van der Waals surface area (Å²) in [6, 6.07) is 6.27. The molecule has 0 aliphatic heterocycles. The first kappa shape index (κ1) is 18.3. The molecule has 0 saturated heterocycles. The lowest BCUT2D eigenvalue weighted by atomic mass is 10.1. The van der Waals surface area contributed by atoms with Crippen molar-refractivity contribution in [1.29, 1.82) is 0 Å². The van der Waals surface area contributed by atoms with Crippen LogP contribution in [0.2, 0.25) is 0 Å². The van der Waals surface area contributed by atoms with Gasteiger partial charge < -0.3 is 10.7 Å². The van der Waals surface area contributed by atoms with Crippen LogP contribution in [0.5, 0.6) is 0 Å². The highest BCUT2D eigenvalue weighted by atomic mass is 32.2. The maximum atomic E-state index is 12.9. The van der Waals surface area contributed by atoms with Gasteiger partial charge in [-0.25, -0.2) is 9.07 Å². The molecule has 0 aliphatic rings. The fraction of sp³-hybridized carbons (Fsp3) is 0.438. The van der Waals surface area contributed by atoms with Gasteiger partial charge in [0.1, 0.15) is 11.6 Å². The van der Waals surface area contributed by atoms with Crippen molar-refractivity contribution in [3.63, 3.8) is 0 Å². The lowest BCUT2D eigenvalue weighted by Crippen LogP contribution is -2.41. The zero-order valence-corrected chi connectivity index (χ0v) is 15.1. The Morgan fingerprint density at radius 2 is 1.92 bits per heavy atom. The predicted molar refractivity (Wildman–Crippen MR) is 92.8 cm³/mol. The van der Waals surface area contributed by atoms with Gasteiger partial charge in [-0.05, 0) is 45.4 Å². The summed E-state index contributed by atoms with van der Waals surface area (Å²) >= 11 is 1.31. The maximum Gasteiger partial charge on any atom is 0.230 e. The highest BCUT2D eigenvalue weighted by Crippen LogP contribution is 2.16. The number of hydrogen-bond donors (Lipinski definition) is 2. The van der Waals surface area contributed by atoms with E-state index in [-0.39, 0.29) is 23.0 Å². The summed E-state index contributed by atoms with van der Waals surface area (Å²) in [7, 11) is 0. The topological polar surface area (TPSA) is 71.8 Å². The first-order valence-corrected chi connectivity index (χ1v) is 8.57. The van der Waals surface area contributed by atoms with Crippen LogP contribution in [0.25, 0.3) is 0 Å². The van der Waals surface area contributed by atoms with Crippen molar-refractivity contribution in [3.8, 4) is 0 Å². The fourth-order valence-electron chi connectivity index (χ4n) is 1.98. The second-order valence-corrected chi connectivity index (χ2v) is 7.36. The Hall–Kier alpha value is -2.09. The molecule has 1 aromatic heterocycles. The summed E-state index contributed by atoms with van der Waals surface area (Å²) in [6.45, 7) is 8.14. The van der Waals surface area contributed by atoms with E-state index < -0.39 is 0 Å². The largest absolute Gasteiger partial charge is 0.351 e. The van der Waals surface area contributed by atoms with Crippen LogP contribution >= 0.6 is 11.8 Å². The van der Waals surface area contributed by atoms with Crippen LogP contribution < -0.4 is 10.7 Å². The highest BCUT2D eigenvalue weighted by molar-refractivity contribution is 7.99. The first-order valence-electron chi connectivity index (χ1n) is 7.59. The summed E-state index contributed by atoms with van der Waals surface area (Å²) in [5.74, 6) is 0.627. The quantitative estimate of drug-likeness (QED) is 0.783. The molecule has 0 bridgehead atoms. The molecule has 0 aliphatic carbocycles. The standard InChI is InChI=1S/C16H22FN5OS/c1-11-20-21-15(24-10-14(23)19-16(2,3)4)22(11)18-9-12-5-7-13(17)8-6-12/h5-8,18H,9-10H2,1-4H3,(H,19,23). The van der Waals surface area contributed by atoms with Crippen LogP contribution in [0.15, 0.2) is 29.4 Å². The molecule has 0 unspecified atom stereocenters. The van der Waals surface area contributed by atoms with Crippen LogP contribution in [0, 0.1) is 12.7 Å². The van der Waals surface area contributed by atoms with E-state index in [9.17, 15) is 9.18 Å². The van der Waals surface area contributed by atoms with Crippen molar-refractivity contribution >= 4 is 17.7 Å². The molecule has 1 amide bonds. The van der Waals surface area contributed by atoms with Crippen LogP contribution in [0.1, 0.15) is 32.2 Å². The van der Waals surface area contributed by atoms with Gasteiger partial charge in [0.05, 0.1) is 12.3 Å². The van der Waals surface area contributed by atoms with Gasteiger partial charge in [0.2, 0.25) is 11.1 Å². The van der Waals surface area contributed by atoms with E-state index >= 15 is 0 Å². The highest BCUT2D eigenvalue weighted by Gasteiger charge is 2.16. The number of halogens is 1. The van der Waals surface area contributed by atoms with Crippen LogP contribution in [-0.4, -0.2) is 32.1 Å². The van der Waals surface area contributed by atoms with Gasteiger partial charge in [-0.2, -0.15) is 0 Å². The average Bonchev–Trinajstić information content (AvgIpc) is 2.83. The number of nitrogens with one attached hydrogen (secondary N) is 2. The summed E-state index contributed by atoms with van der Waals surface area (Å²) < 4.78 is 14.7. The number of aromatic nitrogens is 3. The number of rotatable bonds is 6. The molecule has 8 heteroatoms. The number of amides is 1. The normalized spacial score (nSPS) is 11.4. The van der Waals surface area contributed by atoms with Gasteiger partial charge in [-0.3, -0.25) is 4.79 Å². The Labute approximate surface area is 145 Å². The Morgan fingerprint density at radius 1 is 1.25 bits per heavy atom. The van der Waals surface area contributed by atoms with E-state index in [0.717, 1.165) is 5.56 Å². The molecule has 2 rings (SSSR count). The number of aryl methyl sites for hydroxylation is 1. The van der Waals surface area contributed by atoms with E-state index in [1.807, 2.05) is 27.7 Å². The van der Waals surface area contributed by atoms with Crippen LogP contribution in [-0.2, 0) is 11.3 Å². The third-order valence-electron chi connectivity index (χ3n) is 3.00. The Balaban J connectivity index is 1.95. The predicted octanol–water partition coefficient (Wildman–Crippen LogP) is 2.48. The lowest BCUT2D eigenvalue weighted by Gasteiger charge is -2.20.